The molecule has 76 valence electrons. The highest BCUT2D eigenvalue weighted by Gasteiger charge is 2.13. The van der Waals surface area contributed by atoms with Crippen LogP contribution in [0.4, 0.5) is 5.95 Å². The fourth-order valence-electron chi connectivity index (χ4n) is 1.44. The lowest BCUT2D eigenvalue weighted by Crippen LogP contribution is -2.44. The minimum atomic E-state index is 0.759. The van der Waals surface area contributed by atoms with Gasteiger partial charge in [0.2, 0.25) is 5.95 Å². The largest absolute Gasteiger partial charge is 0.337 e. The molecule has 5 nitrogen and oxygen atoms in total. The summed E-state index contributed by atoms with van der Waals surface area (Å²) >= 11 is 0. The standard InChI is InChI=1S/C9H15N5/c1-7-8(2)12-13-9(11-7)14-5-3-10-4-6-14/h10H,3-6H2,1-2H3. The van der Waals surface area contributed by atoms with Gasteiger partial charge in [0.15, 0.2) is 0 Å². The molecule has 0 unspecified atom stereocenters. The Hall–Kier alpha value is -1.23. The molecule has 0 bridgehead atoms. The van der Waals surface area contributed by atoms with Gasteiger partial charge in [-0.15, -0.1) is 5.10 Å². The third-order valence-electron chi connectivity index (χ3n) is 2.48. The van der Waals surface area contributed by atoms with E-state index in [1.807, 2.05) is 13.8 Å². The predicted octanol–water partition coefficient (Wildman–Crippen LogP) is -0.102. The summed E-state index contributed by atoms with van der Waals surface area (Å²) in [6.45, 7) is 7.81. The molecule has 0 amide bonds. The van der Waals surface area contributed by atoms with Crippen LogP contribution in [0.5, 0.6) is 0 Å². The number of rotatable bonds is 1. The fraction of sp³-hybridized carbons (Fsp3) is 0.667. The highest BCUT2D eigenvalue weighted by atomic mass is 15.3. The molecular formula is C9H15N5. The van der Waals surface area contributed by atoms with Crippen molar-refractivity contribution in [3.63, 3.8) is 0 Å². The van der Waals surface area contributed by atoms with E-state index in [0.29, 0.717) is 0 Å². The van der Waals surface area contributed by atoms with Gasteiger partial charge in [0, 0.05) is 26.2 Å². The van der Waals surface area contributed by atoms with Crippen molar-refractivity contribution >= 4 is 5.95 Å². The Morgan fingerprint density at radius 2 is 1.79 bits per heavy atom. The number of hydrogen-bond acceptors (Lipinski definition) is 5. The van der Waals surface area contributed by atoms with Crippen molar-refractivity contribution in [1.82, 2.24) is 20.5 Å². The van der Waals surface area contributed by atoms with Crippen molar-refractivity contribution in [3.8, 4) is 0 Å². The first-order chi connectivity index (χ1) is 6.77. The quantitative estimate of drug-likeness (QED) is 0.675. The van der Waals surface area contributed by atoms with E-state index in [2.05, 4.69) is 25.4 Å². The molecule has 1 aliphatic rings. The van der Waals surface area contributed by atoms with Crippen LogP contribution in [0.15, 0.2) is 0 Å². The van der Waals surface area contributed by atoms with Crippen LogP contribution in [0, 0.1) is 13.8 Å². The van der Waals surface area contributed by atoms with Crippen LogP contribution < -0.4 is 10.2 Å². The van der Waals surface area contributed by atoms with Gasteiger partial charge in [-0.1, -0.05) is 0 Å². The molecule has 0 radical (unpaired) electrons. The Kier molecular flexibility index (Phi) is 2.58. The first kappa shape index (κ1) is 9.33. The minimum Gasteiger partial charge on any atom is -0.337 e. The van der Waals surface area contributed by atoms with Gasteiger partial charge in [-0.25, -0.2) is 4.98 Å². The van der Waals surface area contributed by atoms with Crippen LogP contribution in [0.1, 0.15) is 11.4 Å². The molecule has 0 spiro atoms. The number of aryl methyl sites for hydroxylation is 2. The topological polar surface area (TPSA) is 53.9 Å². The summed E-state index contributed by atoms with van der Waals surface area (Å²) in [7, 11) is 0. The summed E-state index contributed by atoms with van der Waals surface area (Å²) in [5, 5.41) is 11.5. The smallest absolute Gasteiger partial charge is 0.245 e. The molecule has 1 aromatic heterocycles. The second-order valence-electron chi connectivity index (χ2n) is 3.52. The van der Waals surface area contributed by atoms with Crippen molar-refractivity contribution in [2.45, 2.75) is 13.8 Å². The summed E-state index contributed by atoms with van der Waals surface area (Å²) in [6, 6.07) is 0. The maximum atomic E-state index is 4.42. The number of piperazine rings is 1. The molecule has 0 saturated carbocycles. The van der Waals surface area contributed by atoms with Crippen LogP contribution >= 0.6 is 0 Å². The van der Waals surface area contributed by atoms with E-state index in [0.717, 1.165) is 43.5 Å². The average Bonchev–Trinajstić information content (AvgIpc) is 2.23. The molecular weight excluding hydrogens is 178 g/mol. The Bertz CT molecular complexity index is 319. The van der Waals surface area contributed by atoms with Crippen molar-refractivity contribution in [3.05, 3.63) is 11.4 Å². The van der Waals surface area contributed by atoms with Gasteiger partial charge in [-0.3, -0.25) is 0 Å². The number of aromatic nitrogens is 3. The van der Waals surface area contributed by atoms with E-state index >= 15 is 0 Å². The minimum absolute atomic E-state index is 0.759. The molecule has 1 aromatic rings. The summed E-state index contributed by atoms with van der Waals surface area (Å²) in [5.41, 5.74) is 1.87. The lowest BCUT2D eigenvalue weighted by Gasteiger charge is -2.27. The molecule has 5 heteroatoms. The zero-order valence-electron chi connectivity index (χ0n) is 8.62. The van der Waals surface area contributed by atoms with Gasteiger partial charge in [0.25, 0.3) is 0 Å². The molecule has 2 rings (SSSR count). The van der Waals surface area contributed by atoms with E-state index in [1.54, 1.807) is 0 Å². The lowest BCUT2D eigenvalue weighted by molar-refractivity contribution is 0.575. The predicted molar refractivity (Wildman–Crippen MR) is 54.4 cm³/mol. The van der Waals surface area contributed by atoms with Gasteiger partial charge in [-0.2, -0.15) is 5.10 Å². The normalized spacial score (nSPS) is 17.1. The summed E-state index contributed by atoms with van der Waals surface area (Å²) in [4.78, 5) is 6.58. The van der Waals surface area contributed by atoms with Gasteiger partial charge in [0.1, 0.15) is 0 Å². The summed E-state index contributed by atoms with van der Waals surface area (Å²) in [5.74, 6) is 0.759. The molecule has 1 N–H and O–H groups in total. The SMILES string of the molecule is Cc1nnc(N2CCNCC2)nc1C. The first-order valence-electron chi connectivity index (χ1n) is 4.91. The van der Waals surface area contributed by atoms with Crippen LogP contribution in [0.3, 0.4) is 0 Å². The summed E-state index contributed by atoms with van der Waals surface area (Å²) < 4.78 is 0. The highest BCUT2D eigenvalue weighted by Crippen LogP contribution is 2.08. The van der Waals surface area contributed by atoms with Crippen LogP contribution in [-0.2, 0) is 0 Å². The van der Waals surface area contributed by atoms with Gasteiger partial charge >= 0.3 is 0 Å². The number of anilines is 1. The van der Waals surface area contributed by atoms with Gasteiger partial charge in [0.05, 0.1) is 11.4 Å². The first-order valence-corrected chi connectivity index (χ1v) is 4.91. The summed E-state index contributed by atoms with van der Waals surface area (Å²) in [6.07, 6.45) is 0. The van der Waals surface area contributed by atoms with Crippen LogP contribution in [0.25, 0.3) is 0 Å². The average molecular weight is 193 g/mol. The van der Waals surface area contributed by atoms with Crippen LogP contribution in [-0.4, -0.2) is 41.4 Å². The lowest BCUT2D eigenvalue weighted by atomic mass is 10.3. The molecule has 14 heavy (non-hydrogen) atoms. The monoisotopic (exact) mass is 193 g/mol. The zero-order chi connectivity index (χ0) is 9.97. The maximum Gasteiger partial charge on any atom is 0.245 e. The van der Waals surface area contributed by atoms with Crippen molar-refractivity contribution in [2.75, 3.05) is 31.1 Å². The molecule has 0 atom stereocenters. The van der Waals surface area contributed by atoms with E-state index in [9.17, 15) is 0 Å². The van der Waals surface area contributed by atoms with E-state index in [4.69, 9.17) is 0 Å². The highest BCUT2D eigenvalue weighted by molar-refractivity contribution is 5.30. The van der Waals surface area contributed by atoms with Crippen molar-refractivity contribution in [2.24, 2.45) is 0 Å². The molecule has 1 fully saturated rings. The van der Waals surface area contributed by atoms with Crippen molar-refractivity contribution in [1.29, 1.82) is 0 Å². The number of hydrogen-bond donors (Lipinski definition) is 1. The number of nitrogens with one attached hydrogen (secondary N) is 1. The molecule has 0 aromatic carbocycles. The third kappa shape index (κ3) is 1.82. The maximum absolute atomic E-state index is 4.42. The second kappa shape index (κ2) is 3.88. The van der Waals surface area contributed by atoms with Crippen molar-refractivity contribution < 1.29 is 0 Å². The Morgan fingerprint density at radius 1 is 1.07 bits per heavy atom. The van der Waals surface area contributed by atoms with E-state index in [1.165, 1.54) is 0 Å². The zero-order valence-corrected chi connectivity index (χ0v) is 8.62. The second-order valence-corrected chi connectivity index (χ2v) is 3.52. The molecule has 1 aliphatic heterocycles. The molecule has 2 heterocycles. The van der Waals surface area contributed by atoms with Gasteiger partial charge in [-0.05, 0) is 13.8 Å². The Morgan fingerprint density at radius 3 is 2.43 bits per heavy atom. The van der Waals surface area contributed by atoms with E-state index in [-0.39, 0.29) is 0 Å². The Labute approximate surface area is 83.6 Å². The fourth-order valence-corrected chi connectivity index (χ4v) is 1.44. The molecule has 1 saturated heterocycles. The third-order valence-corrected chi connectivity index (χ3v) is 2.48. The van der Waals surface area contributed by atoms with Gasteiger partial charge < -0.3 is 10.2 Å². The van der Waals surface area contributed by atoms with E-state index < -0.39 is 0 Å². The molecule has 0 aliphatic carbocycles. The number of nitrogens with zero attached hydrogens (tertiary/aromatic N) is 4. The van der Waals surface area contributed by atoms with Crippen LogP contribution in [0.2, 0.25) is 0 Å². The Balaban J connectivity index is 2.18.